The van der Waals surface area contributed by atoms with Gasteiger partial charge in [-0.1, -0.05) is 143 Å². The summed E-state index contributed by atoms with van der Waals surface area (Å²) in [5.41, 5.74) is 19.0. The van der Waals surface area contributed by atoms with Gasteiger partial charge in [-0.2, -0.15) is 5.26 Å². The number of hydrogen-bond acceptors (Lipinski definition) is 3. The number of nitriles is 1. The highest BCUT2D eigenvalue weighted by Crippen LogP contribution is 2.30. The molecule has 0 radical (unpaired) electrons. The van der Waals surface area contributed by atoms with Gasteiger partial charge in [0.2, 0.25) is 0 Å². The van der Waals surface area contributed by atoms with Crippen molar-refractivity contribution in [1.29, 1.82) is 5.26 Å². The highest BCUT2D eigenvalue weighted by Gasteiger charge is 2.09. The minimum atomic E-state index is -0.0932. The van der Waals surface area contributed by atoms with Gasteiger partial charge in [-0.3, -0.25) is 0 Å². The highest BCUT2D eigenvalue weighted by atomic mass is 35.5. The standard InChI is InChI=1S/2C12H14S.C11H15F.C11H13N.C11H16.C10H13Cl/c1-8(2)11-7-10-4-5-13-12(10)6-9(11)3;1-8(2)11-7-12-10(4-5-13-12)6-9(11)3;1-7(2)10-6-11(12)9(4)5-8(10)3;1-8(2)11-5-4-10(7-12)6-9(11)3;1-8(2)11-6-5-9(3)7-10(11)4;1-7(2)10-5-4-9(11)6-8(10)3/h2*4-8H,1-3H3;5-7H,1-4H3;4-6,8H,1-3H3;5-8H,1-4H3;4-7H,1-3H3. The molecule has 0 saturated heterocycles. The molecule has 8 rings (SSSR count). The molecule has 0 N–H and O–H groups in total. The second-order valence-corrected chi connectivity index (χ2v) is 23.6. The van der Waals surface area contributed by atoms with Crippen LogP contribution in [0.2, 0.25) is 5.02 Å². The molecule has 8 aromatic rings. The normalized spacial score (nSPS) is 10.8. The van der Waals surface area contributed by atoms with E-state index in [-0.39, 0.29) is 5.82 Å². The lowest BCUT2D eigenvalue weighted by Crippen LogP contribution is -1.95. The number of fused-ring (bicyclic) bond motifs is 2. The van der Waals surface area contributed by atoms with Gasteiger partial charge in [-0.25, -0.2) is 4.39 Å². The van der Waals surface area contributed by atoms with E-state index in [0.29, 0.717) is 35.5 Å². The van der Waals surface area contributed by atoms with Crippen LogP contribution in [0.15, 0.2) is 114 Å². The lowest BCUT2D eigenvalue weighted by atomic mass is 9.96. The molecule has 2 heterocycles. The Kier molecular flexibility index (Phi) is 24.7. The summed E-state index contributed by atoms with van der Waals surface area (Å²) < 4.78 is 15.9. The molecule has 0 atom stereocenters. The van der Waals surface area contributed by atoms with E-state index in [2.05, 4.69) is 202 Å². The molecular weight excluding hydrogens is 937 g/mol. The molecule has 6 aromatic carbocycles. The van der Waals surface area contributed by atoms with Crippen molar-refractivity contribution in [3.05, 3.63) is 208 Å². The summed E-state index contributed by atoms with van der Waals surface area (Å²) in [4.78, 5) is 0. The molecule has 72 heavy (non-hydrogen) atoms. The Morgan fingerprint density at radius 2 is 0.778 bits per heavy atom. The summed E-state index contributed by atoms with van der Waals surface area (Å²) in [6, 6.07) is 37.9. The van der Waals surface area contributed by atoms with Crippen molar-refractivity contribution in [2.75, 3.05) is 0 Å². The molecule has 0 spiro atoms. The molecule has 1 nitrogen and oxygen atoms in total. The van der Waals surface area contributed by atoms with E-state index < -0.39 is 0 Å². The first-order valence-corrected chi connectivity index (χ1v) is 28.0. The Bertz CT molecular complexity index is 2870. The van der Waals surface area contributed by atoms with Gasteiger partial charge < -0.3 is 0 Å². The fourth-order valence-corrected chi connectivity index (χ4v) is 11.0. The van der Waals surface area contributed by atoms with Crippen molar-refractivity contribution in [3.63, 3.8) is 0 Å². The largest absolute Gasteiger partial charge is 0.207 e. The van der Waals surface area contributed by atoms with E-state index in [1.165, 1.54) is 86.9 Å². The zero-order chi connectivity index (χ0) is 54.1. The molecule has 0 saturated carbocycles. The Hall–Kier alpha value is -5.05. The van der Waals surface area contributed by atoms with Crippen LogP contribution >= 0.6 is 34.3 Å². The smallest absolute Gasteiger partial charge is 0.126 e. The Morgan fingerprint density at radius 3 is 1.25 bits per heavy atom. The summed E-state index contributed by atoms with van der Waals surface area (Å²) in [5, 5.41) is 16.6. The minimum absolute atomic E-state index is 0.0932. The molecule has 0 bridgehead atoms. The zero-order valence-electron chi connectivity index (χ0n) is 47.5. The maximum atomic E-state index is 13.1. The quantitative estimate of drug-likeness (QED) is 0.163. The van der Waals surface area contributed by atoms with Gasteiger partial charge in [0.15, 0.2) is 0 Å². The van der Waals surface area contributed by atoms with Crippen LogP contribution in [0.5, 0.6) is 0 Å². The third kappa shape index (κ3) is 18.5. The number of halogens is 2. The summed E-state index contributed by atoms with van der Waals surface area (Å²) in [6.45, 7) is 43.0. The van der Waals surface area contributed by atoms with Gasteiger partial charge >= 0.3 is 0 Å². The maximum absolute atomic E-state index is 13.1. The summed E-state index contributed by atoms with van der Waals surface area (Å²) >= 11 is 9.47. The van der Waals surface area contributed by atoms with Gasteiger partial charge in [0.25, 0.3) is 0 Å². The van der Waals surface area contributed by atoms with Crippen molar-refractivity contribution < 1.29 is 4.39 Å². The molecule has 0 aliphatic heterocycles. The zero-order valence-corrected chi connectivity index (χ0v) is 49.8. The number of aryl methyl sites for hydroxylation is 8. The Morgan fingerprint density at radius 1 is 0.389 bits per heavy atom. The molecule has 384 valence electrons. The molecule has 0 amide bonds. The van der Waals surface area contributed by atoms with E-state index in [1.54, 1.807) is 13.0 Å². The van der Waals surface area contributed by atoms with E-state index in [4.69, 9.17) is 16.9 Å². The topological polar surface area (TPSA) is 23.8 Å². The summed E-state index contributed by atoms with van der Waals surface area (Å²) in [5.74, 6) is 3.35. The average Bonchev–Trinajstić information content (AvgIpc) is 3.96. The third-order valence-electron chi connectivity index (χ3n) is 13.0. The first-order chi connectivity index (χ1) is 33.7. The van der Waals surface area contributed by atoms with Crippen molar-refractivity contribution in [1.82, 2.24) is 0 Å². The van der Waals surface area contributed by atoms with E-state index >= 15 is 0 Å². The van der Waals surface area contributed by atoms with Crippen LogP contribution in [0.1, 0.15) is 202 Å². The first kappa shape index (κ1) is 61.3. The maximum Gasteiger partial charge on any atom is 0.126 e. The van der Waals surface area contributed by atoms with Crippen LogP contribution in [0.3, 0.4) is 0 Å². The Labute approximate surface area is 449 Å². The van der Waals surface area contributed by atoms with Crippen molar-refractivity contribution in [2.24, 2.45) is 0 Å². The van der Waals surface area contributed by atoms with Gasteiger partial charge in [0.05, 0.1) is 11.6 Å². The molecule has 0 unspecified atom stereocenters. The molecule has 0 aliphatic carbocycles. The van der Waals surface area contributed by atoms with E-state index in [0.717, 1.165) is 21.7 Å². The summed E-state index contributed by atoms with van der Waals surface area (Å²) in [7, 11) is 0. The van der Waals surface area contributed by atoms with Crippen LogP contribution in [0.4, 0.5) is 4.39 Å². The molecule has 0 fully saturated rings. The van der Waals surface area contributed by atoms with Gasteiger partial charge in [0.1, 0.15) is 5.82 Å². The fraction of sp³-hybridized carbons (Fsp3) is 0.388. The highest BCUT2D eigenvalue weighted by molar-refractivity contribution is 7.17. The van der Waals surface area contributed by atoms with Crippen molar-refractivity contribution >= 4 is 54.4 Å². The van der Waals surface area contributed by atoms with Crippen molar-refractivity contribution in [3.8, 4) is 6.07 Å². The third-order valence-corrected chi connectivity index (χ3v) is 15.0. The van der Waals surface area contributed by atoms with Gasteiger partial charge in [-0.05, 0) is 245 Å². The van der Waals surface area contributed by atoms with Gasteiger partial charge in [-0.15, -0.1) is 22.7 Å². The van der Waals surface area contributed by atoms with Crippen LogP contribution < -0.4 is 0 Å². The number of thiophene rings is 2. The van der Waals surface area contributed by atoms with E-state index in [1.807, 2.05) is 66.0 Å². The number of nitrogens with zero attached hydrogens (tertiary/aromatic N) is 1. The van der Waals surface area contributed by atoms with Crippen molar-refractivity contribution in [2.45, 2.75) is 174 Å². The number of hydrogen-bond donors (Lipinski definition) is 0. The summed E-state index contributed by atoms with van der Waals surface area (Å²) in [6.07, 6.45) is 0. The number of benzene rings is 6. The lowest BCUT2D eigenvalue weighted by molar-refractivity contribution is 0.613. The minimum Gasteiger partial charge on any atom is -0.207 e. The fourth-order valence-electron chi connectivity index (χ4n) is 9.13. The molecular formula is C67H85ClFNS2. The molecule has 0 aliphatic rings. The first-order valence-electron chi connectivity index (χ1n) is 25.8. The molecule has 2 aromatic heterocycles. The monoisotopic (exact) mass is 1020 g/mol. The van der Waals surface area contributed by atoms with Crippen LogP contribution in [0, 0.1) is 72.5 Å². The number of rotatable bonds is 6. The van der Waals surface area contributed by atoms with E-state index in [9.17, 15) is 4.39 Å². The van der Waals surface area contributed by atoms with Crippen LogP contribution in [-0.2, 0) is 0 Å². The van der Waals surface area contributed by atoms with Crippen LogP contribution in [0.25, 0.3) is 20.2 Å². The predicted molar refractivity (Wildman–Crippen MR) is 322 cm³/mol. The van der Waals surface area contributed by atoms with Crippen LogP contribution in [-0.4, -0.2) is 0 Å². The second-order valence-electron chi connectivity index (χ2n) is 21.3. The lowest BCUT2D eigenvalue weighted by Gasteiger charge is -2.10. The second kappa shape index (κ2) is 29.0. The molecule has 5 heteroatoms. The SMILES string of the molecule is Cc1cc(C#N)ccc1C(C)C.Cc1cc(C)c(C(C)C)cc1F.Cc1cc(Cl)ccc1C(C)C.Cc1cc2ccsc2cc1C(C)C.Cc1cc2sccc2cc1C(C)C.Cc1ccc(C(C)C)c(C)c1. The predicted octanol–water partition coefficient (Wildman–Crippen LogP) is 22.4. The Balaban J connectivity index is 0.000000229. The van der Waals surface area contributed by atoms with Gasteiger partial charge in [0, 0.05) is 14.4 Å². The average molecular weight is 1020 g/mol.